The lowest BCUT2D eigenvalue weighted by Crippen LogP contribution is -2.40. The van der Waals surface area contributed by atoms with E-state index in [2.05, 4.69) is 13.0 Å². The SMILES string of the molecule is CC1CCN(C=O)[C@H](CC#N)C1. The average Bonchev–Trinajstić information content (AvgIpc) is 2.05. The fourth-order valence-electron chi connectivity index (χ4n) is 1.71. The number of nitrogens with zero attached hydrogens (tertiary/aromatic N) is 2. The number of amides is 1. The van der Waals surface area contributed by atoms with Crippen LogP contribution in [0.4, 0.5) is 0 Å². The van der Waals surface area contributed by atoms with Crippen molar-refractivity contribution in [1.82, 2.24) is 4.90 Å². The molecule has 0 aliphatic carbocycles. The molecule has 1 fully saturated rings. The fraction of sp³-hybridized carbons (Fsp3) is 0.778. The Morgan fingerprint density at radius 2 is 2.50 bits per heavy atom. The Bertz CT molecular complexity index is 197. The summed E-state index contributed by atoms with van der Waals surface area (Å²) in [5.41, 5.74) is 0. The first-order valence-corrected chi connectivity index (χ1v) is 4.36. The molecule has 0 aromatic heterocycles. The third kappa shape index (κ3) is 1.97. The molecule has 1 rings (SSSR count). The van der Waals surface area contributed by atoms with Gasteiger partial charge in [-0.2, -0.15) is 5.26 Å². The van der Waals surface area contributed by atoms with Crippen molar-refractivity contribution in [2.75, 3.05) is 6.54 Å². The monoisotopic (exact) mass is 166 g/mol. The number of carbonyl (C=O) groups is 1. The molecule has 1 amide bonds. The van der Waals surface area contributed by atoms with Gasteiger partial charge in [-0.3, -0.25) is 4.79 Å². The molecule has 2 atom stereocenters. The van der Waals surface area contributed by atoms with E-state index in [9.17, 15) is 4.79 Å². The zero-order valence-electron chi connectivity index (χ0n) is 7.36. The first-order chi connectivity index (χ1) is 5.77. The number of hydrogen-bond donors (Lipinski definition) is 0. The number of hydrogen-bond acceptors (Lipinski definition) is 2. The maximum atomic E-state index is 10.6. The van der Waals surface area contributed by atoms with Crippen LogP contribution in [-0.4, -0.2) is 23.9 Å². The molecule has 1 saturated heterocycles. The van der Waals surface area contributed by atoms with E-state index in [0.717, 1.165) is 25.8 Å². The van der Waals surface area contributed by atoms with Crippen LogP contribution in [0, 0.1) is 17.2 Å². The predicted octanol–water partition coefficient (Wildman–Crippen LogP) is 1.16. The van der Waals surface area contributed by atoms with Gasteiger partial charge in [-0.1, -0.05) is 6.92 Å². The minimum absolute atomic E-state index is 0.163. The second-order valence-electron chi connectivity index (χ2n) is 3.49. The fourth-order valence-corrected chi connectivity index (χ4v) is 1.71. The Labute approximate surface area is 73.0 Å². The zero-order chi connectivity index (χ0) is 8.97. The van der Waals surface area contributed by atoms with Gasteiger partial charge in [-0.25, -0.2) is 0 Å². The van der Waals surface area contributed by atoms with Crippen LogP contribution >= 0.6 is 0 Å². The van der Waals surface area contributed by atoms with E-state index in [1.807, 2.05) is 0 Å². The molecule has 0 spiro atoms. The Hall–Kier alpha value is -1.04. The van der Waals surface area contributed by atoms with Crippen molar-refractivity contribution in [1.29, 1.82) is 5.26 Å². The van der Waals surface area contributed by atoms with E-state index in [0.29, 0.717) is 12.3 Å². The Balaban J connectivity index is 2.52. The quantitative estimate of drug-likeness (QED) is 0.578. The third-order valence-electron chi connectivity index (χ3n) is 2.49. The van der Waals surface area contributed by atoms with E-state index in [1.165, 1.54) is 0 Å². The van der Waals surface area contributed by atoms with Crippen molar-refractivity contribution in [2.45, 2.75) is 32.2 Å². The standard InChI is InChI=1S/C9H14N2O/c1-8-3-5-11(7-12)9(6-8)2-4-10/h7-9H,2-3,5-6H2,1H3/t8?,9-/m1/s1. The number of likely N-dealkylation sites (tertiary alicyclic amines) is 1. The molecule has 3 heteroatoms. The van der Waals surface area contributed by atoms with E-state index in [4.69, 9.17) is 5.26 Å². The van der Waals surface area contributed by atoms with Crippen LogP contribution < -0.4 is 0 Å². The summed E-state index contributed by atoms with van der Waals surface area (Å²) in [7, 11) is 0. The molecule has 0 bridgehead atoms. The molecule has 0 N–H and O–H groups in total. The van der Waals surface area contributed by atoms with Crippen LogP contribution in [0.5, 0.6) is 0 Å². The van der Waals surface area contributed by atoms with Crippen LogP contribution in [0.25, 0.3) is 0 Å². The molecule has 0 aromatic rings. The number of piperidine rings is 1. The summed E-state index contributed by atoms with van der Waals surface area (Å²) in [6, 6.07) is 2.28. The van der Waals surface area contributed by atoms with Crippen LogP contribution in [0.2, 0.25) is 0 Å². The molecular formula is C9H14N2O. The second kappa shape index (κ2) is 4.10. The molecule has 0 aromatic carbocycles. The lowest BCUT2D eigenvalue weighted by molar-refractivity contribution is -0.121. The van der Waals surface area contributed by atoms with Gasteiger partial charge in [-0.15, -0.1) is 0 Å². The summed E-state index contributed by atoms with van der Waals surface area (Å²) in [5.74, 6) is 0.652. The lowest BCUT2D eigenvalue weighted by atomic mass is 9.91. The molecular weight excluding hydrogens is 152 g/mol. The van der Waals surface area contributed by atoms with Gasteiger partial charge in [0.15, 0.2) is 0 Å². The molecule has 0 radical (unpaired) electrons. The van der Waals surface area contributed by atoms with Gasteiger partial charge in [0, 0.05) is 12.6 Å². The van der Waals surface area contributed by atoms with Gasteiger partial charge in [0.05, 0.1) is 12.5 Å². The van der Waals surface area contributed by atoms with Crippen LogP contribution in [0.3, 0.4) is 0 Å². The molecule has 3 nitrogen and oxygen atoms in total. The molecule has 1 aliphatic rings. The van der Waals surface area contributed by atoms with Crippen molar-refractivity contribution in [2.24, 2.45) is 5.92 Å². The Kier molecular flexibility index (Phi) is 3.09. The second-order valence-corrected chi connectivity index (χ2v) is 3.49. The van der Waals surface area contributed by atoms with Crippen LogP contribution in [0.15, 0.2) is 0 Å². The number of carbonyl (C=O) groups excluding carboxylic acids is 1. The van der Waals surface area contributed by atoms with E-state index in [1.54, 1.807) is 4.90 Å². The minimum Gasteiger partial charge on any atom is -0.341 e. The van der Waals surface area contributed by atoms with Crippen LogP contribution in [-0.2, 0) is 4.79 Å². The van der Waals surface area contributed by atoms with Gasteiger partial charge in [-0.05, 0) is 18.8 Å². The highest BCUT2D eigenvalue weighted by Crippen LogP contribution is 2.22. The Morgan fingerprint density at radius 1 is 1.75 bits per heavy atom. The smallest absolute Gasteiger partial charge is 0.209 e. The maximum Gasteiger partial charge on any atom is 0.209 e. The van der Waals surface area contributed by atoms with Crippen molar-refractivity contribution >= 4 is 6.41 Å². The summed E-state index contributed by atoms with van der Waals surface area (Å²) < 4.78 is 0. The molecule has 0 saturated carbocycles. The largest absolute Gasteiger partial charge is 0.341 e. The Morgan fingerprint density at radius 3 is 3.08 bits per heavy atom. The summed E-state index contributed by atoms with van der Waals surface area (Å²) in [4.78, 5) is 12.3. The van der Waals surface area contributed by atoms with Crippen molar-refractivity contribution in [3.8, 4) is 6.07 Å². The van der Waals surface area contributed by atoms with Gasteiger partial charge < -0.3 is 4.90 Å². The molecule has 1 aliphatic heterocycles. The summed E-state index contributed by atoms with van der Waals surface area (Å²) in [6.45, 7) is 2.99. The van der Waals surface area contributed by atoms with E-state index < -0.39 is 0 Å². The van der Waals surface area contributed by atoms with Gasteiger partial charge >= 0.3 is 0 Å². The summed E-state index contributed by atoms with van der Waals surface area (Å²) in [6.07, 6.45) is 3.39. The minimum atomic E-state index is 0.163. The van der Waals surface area contributed by atoms with E-state index in [-0.39, 0.29) is 6.04 Å². The summed E-state index contributed by atoms with van der Waals surface area (Å²) >= 11 is 0. The highest BCUT2D eigenvalue weighted by molar-refractivity contribution is 5.48. The molecule has 1 heterocycles. The molecule has 66 valence electrons. The van der Waals surface area contributed by atoms with Crippen molar-refractivity contribution in [3.63, 3.8) is 0 Å². The van der Waals surface area contributed by atoms with Crippen LogP contribution in [0.1, 0.15) is 26.2 Å². The van der Waals surface area contributed by atoms with Crippen molar-refractivity contribution < 1.29 is 4.79 Å². The molecule has 1 unspecified atom stereocenters. The normalized spacial score (nSPS) is 29.5. The first-order valence-electron chi connectivity index (χ1n) is 4.36. The predicted molar refractivity (Wildman–Crippen MR) is 45.2 cm³/mol. The topological polar surface area (TPSA) is 44.1 Å². The average molecular weight is 166 g/mol. The third-order valence-corrected chi connectivity index (χ3v) is 2.49. The van der Waals surface area contributed by atoms with E-state index >= 15 is 0 Å². The van der Waals surface area contributed by atoms with Gasteiger partial charge in [0.2, 0.25) is 6.41 Å². The molecule has 12 heavy (non-hydrogen) atoms. The maximum absolute atomic E-state index is 10.6. The number of nitriles is 1. The van der Waals surface area contributed by atoms with Gasteiger partial charge in [0.1, 0.15) is 0 Å². The first kappa shape index (κ1) is 9.05. The van der Waals surface area contributed by atoms with Crippen molar-refractivity contribution in [3.05, 3.63) is 0 Å². The summed E-state index contributed by atoms with van der Waals surface area (Å²) in [5, 5.41) is 8.53. The highest BCUT2D eigenvalue weighted by atomic mass is 16.1. The number of rotatable bonds is 2. The lowest BCUT2D eigenvalue weighted by Gasteiger charge is -2.34. The zero-order valence-corrected chi connectivity index (χ0v) is 7.36. The highest BCUT2D eigenvalue weighted by Gasteiger charge is 2.24. The van der Waals surface area contributed by atoms with Gasteiger partial charge in [0.25, 0.3) is 0 Å².